The maximum absolute atomic E-state index is 7.72. The quantitative estimate of drug-likeness (QED) is 0.116. The van der Waals surface area contributed by atoms with Crippen molar-refractivity contribution >= 4 is 0 Å². The van der Waals surface area contributed by atoms with Crippen LogP contribution in [-0.4, -0.2) is 15.0 Å². The Bertz CT molecular complexity index is 3300. The summed E-state index contributed by atoms with van der Waals surface area (Å²) in [5, 5.41) is 0. The predicted octanol–water partition coefficient (Wildman–Crippen LogP) is 15.7. The molecule has 0 spiro atoms. The Morgan fingerprint density at radius 3 is 1.35 bits per heavy atom. The summed E-state index contributed by atoms with van der Waals surface area (Å²) in [6.45, 7) is -4.38. The molecule has 3 aromatic heterocycles. The van der Waals surface area contributed by atoms with Gasteiger partial charge in [0, 0.05) is 43.5 Å². The lowest BCUT2D eigenvalue weighted by Crippen LogP contribution is -1.98. The van der Waals surface area contributed by atoms with Crippen LogP contribution in [0.3, 0.4) is 0 Å². The van der Waals surface area contributed by atoms with Gasteiger partial charge in [0.1, 0.15) is 0 Å². The Morgan fingerprint density at radius 1 is 0.303 bits per heavy atom. The fourth-order valence-electron chi connectivity index (χ4n) is 8.75. The van der Waals surface area contributed by atoms with Gasteiger partial charge in [-0.3, -0.25) is 15.0 Å². The molecule has 7 aromatic carbocycles. The van der Waals surface area contributed by atoms with Gasteiger partial charge in [-0.15, -0.1) is 0 Å². The Hall–Kier alpha value is -8.01. The highest BCUT2D eigenvalue weighted by Gasteiger charge is 2.16. The largest absolute Gasteiger partial charge is 0.256 e. The first-order valence-corrected chi connectivity index (χ1v) is 22.5. The number of hydrogen-bond donors (Lipinski definition) is 0. The van der Waals surface area contributed by atoms with E-state index >= 15 is 0 Å². The smallest absolute Gasteiger partial charge is 0.0702 e. The van der Waals surface area contributed by atoms with Gasteiger partial charge in [0.15, 0.2) is 0 Å². The first-order chi connectivity index (χ1) is 34.9. The highest BCUT2D eigenvalue weighted by atomic mass is 14.7. The molecule has 3 nitrogen and oxygen atoms in total. The lowest BCUT2D eigenvalue weighted by Gasteiger charge is -2.18. The number of pyridine rings is 3. The summed E-state index contributed by atoms with van der Waals surface area (Å²) in [5.41, 5.74) is 19.8. The molecule has 3 heterocycles. The molecule has 10 aromatic rings. The van der Waals surface area contributed by atoms with Crippen LogP contribution >= 0.6 is 0 Å². The highest BCUT2D eigenvalue weighted by molar-refractivity contribution is 5.93. The lowest BCUT2D eigenvalue weighted by molar-refractivity contribution is 0.931. The fourth-order valence-corrected chi connectivity index (χ4v) is 8.75. The summed E-state index contributed by atoms with van der Waals surface area (Å²) in [7, 11) is 0. The first kappa shape index (κ1) is 35.4. The van der Waals surface area contributed by atoms with E-state index in [1.54, 1.807) is 24.3 Å². The summed E-state index contributed by atoms with van der Waals surface area (Å²) in [6, 6.07) is 71.4. The predicted molar refractivity (Wildman–Crippen MR) is 275 cm³/mol. The zero-order chi connectivity index (χ0) is 49.7. The minimum Gasteiger partial charge on any atom is -0.256 e. The number of hydrogen-bond acceptors (Lipinski definition) is 3. The van der Waals surface area contributed by atoms with Crippen molar-refractivity contribution in [3.63, 3.8) is 0 Å². The highest BCUT2D eigenvalue weighted by Crippen LogP contribution is 2.41. The van der Waals surface area contributed by atoms with Crippen LogP contribution in [0.4, 0.5) is 0 Å². The van der Waals surface area contributed by atoms with Crippen molar-refractivity contribution < 1.29 is 8.22 Å². The molecule has 3 heteroatoms. The molecular formula is C63H51N3. The normalized spacial score (nSPS) is 12.8. The van der Waals surface area contributed by atoms with Crippen LogP contribution in [0.25, 0.3) is 78.3 Å². The summed E-state index contributed by atoms with van der Waals surface area (Å²) in [5.74, 6) is 0. The molecule has 0 unspecified atom stereocenters. The topological polar surface area (TPSA) is 38.7 Å². The van der Waals surface area contributed by atoms with Crippen molar-refractivity contribution in [2.24, 2.45) is 0 Å². The zero-order valence-electron chi connectivity index (χ0n) is 42.5. The van der Waals surface area contributed by atoms with Gasteiger partial charge in [-0.25, -0.2) is 0 Å². The number of benzene rings is 7. The van der Waals surface area contributed by atoms with Gasteiger partial charge >= 0.3 is 0 Å². The Kier molecular flexibility index (Phi) is 10.4. The standard InChI is InChI=1S/C63H51N3/c1-44-15-35-62(65-42-44)53-25-21-46(22-26-53)17-19-48-38-49(20-18-47-23-27-54(28-24-47)63-36-16-45(2)43-66-63)40-56(39-48)57-12-6-7-13-58(57)59-34-33-55(61-14-8-9-37-64-61)41-60(59)52-31-29-51(30-32-52)50-10-4-3-5-11-50/h3-16,21-43H,17-20H2,1-2H3/i1D3,2D3. The van der Waals surface area contributed by atoms with E-state index in [-0.39, 0.29) is 11.1 Å². The SMILES string of the molecule is [2H]C([2H])([2H])c1ccc(-c2ccc(CCc3cc(CCc4ccc(-c5ccc(C([2H])([2H])[2H])cn5)cc4)cc(-c4ccccc4-c4ccc(-c5ccccn5)cc4-c4ccc(-c5ccccc5)cc4)c3)cc2)nc1. The van der Waals surface area contributed by atoms with E-state index in [0.717, 1.165) is 98.4 Å². The van der Waals surface area contributed by atoms with E-state index in [1.165, 1.54) is 40.2 Å². The van der Waals surface area contributed by atoms with Gasteiger partial charge in [-0.1, -0.05) is 176 Å². The molecule has 66 heavy (non-hydrogen) atoms. The van der Waals surface area contributed by atoms with E-state index in [4.69, 9.17) is 13.2 Å². The van der Waals surface area contributed by atoms with Crippen LogP contribution in [-0.2, 0) is 25.7 Å². The number of aryl methyl sites for hydroxylation is 6. The van der Waals surface area contributed by atoms with Crippen LogP contribution in [0.2, 0.25) is 0 Å². The van der Waals surface area contributed by atoms with Crippen LogP contribution in [0.5, 0.6) is 0 Å². The maximum atomic E-state index is 7.72. The summed E-state index contributed by atoms with van der Waals surface area (Å²) >= 11 is 0. The second-order valence-electron chi connectivity index (χ2n) is 16.8. The lowest BCUT2D eigenvalue weighted by atomic mass is 9.86. The molecule has 0 bridgehead atoms. The molecule has 0 saturated carbocycles. The van der Waals surface area contributed by atoms with Crippen molar-refractivity contribution in [3.8, 4) is 78.3 Å². The van der Waals surface area contributed by atoms with E-state index in [2.05, 4.69) is 174 Å². The molecule has 0 saturated heterocycles. The average Bonchev–Trinajstić information content (AvgIpc) is 3.42. The van der Waals surface area contributed by atoms with E-state index in [0.29, 0.717) is 0 Å². The Balaban J connectivity index is 0.982. The first-order valence-electron chi connectivity index (χ1n) is 25.5. The van der Waals surface area contributed by atoms with Crippen LogP contribution in [0, 0.1) is 13.7 Å². The van der Waals surface area contributed by atoms with Gasteiger partial charge in [0.05, 0.1) is 17.1 Å². The molecule has 0 aliphatic carbocycles. The fraction of sp³-hybridized carbons (Fsp3) is 0.0952. The third-order valence-electron chi connectivity index (χ3n) is 12.3. The number of rotatable bonds is 13. The zero-order valence-corrected chi connectivity index (χ0v) is 36.5. The van der Waals surface area contributed by atoms with Crippen LogP contribution < -0.4 is 0 Å². The number of aromatic nitrogens is 3. The van der Waals surface area contributed by atoms with Crippen molar-refractivity contribution in [2.75, 3.05) is 0 Å². The molecule has 0 atom stereocenters. The molecule has 0 aliphatic heterocycles. The monoisotopic (exact) mass is 855 g/mol. The average molecular weight is 856 g/mol. The molecule has 0 radical (unpaired) electrons. The molecule has 0 aliphatic rings. The van der Waals surface area contributed by atoms with E-state index in [9.17, 15) is 0 Å². The molecular weight excluding hydrogens is 799 g/mol. The Labute approximate surface area is 397 Å². The second-order valence-corrected chi connectivity index (χ2v) is 16.8. The van der Waals surface area contributed by atoms with Gasteiger partial charge in [0.25, 0.3) is 0 Å². The van der Waals surface area contributed by atoms with E-state index < -0.39 is 13.7 Å². The minimum atomic E-state index is -2.19. The molecule has 318 valence electrons. The van der Waals surface area contributed by atoms with E-state index in [1.807, 2.05) is 24.4 Å². The Morgan fingerprint density at radius 2 is 0.788 bits per heavy atom. The van der Waals surface area contributed by atoms with Gasteiger partial charge < -0.3 is 0 Å². The van der Waals surface area contributed by atoms with Crippen molar-refractivity contribution in [2.45, 2.75) is 39.4 Å². The molecule has 0 N–H and O–H groups in total. The van der Waals surface area contributed by atoms with Crippen molar-refractivity contribution in [1.29, 1.82) is 0 Å². The minimum absolute atomic E-state index is 0.229. The summed E-state index contributed by atoms with van der Waals surface area (Å²) in [4.78, 5) is 13.6. The van der Waals surface area contributed by atoms with Crippen LogP contribution in [0.1, 0.15) is 41.6 Å². The van der Waals surface area contributed by atoms with Gasteiger partial charge in [-0.05, 0) is 148 Å². The van der Waals surface area contributed by atoms with Crippen molar-refractivity contribution in [3.05, 3.63) is 258 Å². The van der Waals surface area contributed by atoms with Gasteiger partial charge in [0.2, 0.25) is 0 Å². The summed E-state index contributed by atoms with van der Waals surface area (Å²) in [6.07, 6.45) is 8.04. The molecule has 0 amide bonds. The van der Waals surface area contributed by atoms with Gasteiger partial charge in [-0.2, -0.15) is 0 Å². The third-order valence-corrected chi connectivity index (χ3v) is 12.3. The van der Waals surface area contributed by atoms with Crippen LogP contribution in [0.15, 0.2) is 225 Å². The number of nitrogens with zero attached hydrogens (tertiary/aromatic N) is 3. The molecule has 10 rings (SSSR count). The summed E-state index contributed by atoms with van der Waals surface area (Å²) < 4.78 is 46.3. The third kappa shape index (κ3) is 9.72. The molecule has 0 fully saturated rings. The van der Waals surface area contributed by atoms with Crippen molar-refractivity contribution in [1.82, 2.24) is 15.0 Å². The maximum Gasteiger partial charge on any atom is 0.0702 e. The second kappa shape index (κ2) is 19.4.